The van der Waals surface area contributed by atoms with Gasteiger partial charge < -0.3 is 15.2 Å². The van der Waals surface area contributed by atoms with Gasteiger partial charge in [-0.15, -0.1) is 11.8 Å². The van der Waals surface area contributed by atoms with Crippen LogP contribution in [0, 0.1) is 0 Å². The summed E-state index contributed by atoms with van der Waals surface area (Å²) in [5.74, 6) is 1.71. The Morgan fingerprint density at radius 1 is 1.31 bits per heavy atom. The van der Waals surface area contributed by atoms with Crippen LogP contribution in [0.2, 0.25) is 0 Å². The lowest BCUT2D eigenvalue weighted by molar-refractivity contribution is 0.171. The molecule has 88 valence electrons. The summed E-state index contributed by atoms with van der Waals surface area (Å²) < 4.78 is 11.0. The van der Waals surface area contributed by atoms with Crippen LogP contribution in [-0.4, -0.2) is 25.0 Å². The quantitative estimate of drug-likeness (QED) is 0.819. The highest BCUT2D eigenvalue weighted by molar-refractivity contribution is 7.99. The van der Waals surface area contributed by atoms with Crippen molar-refractivity contribution < 1.29 is 9.47 Å². The van der Waals surface area contributed by atoms with Gasteiger partial charge in [0.05, 0.1) is 0 Å². The molecular weight excluding hydrogens is 222 g/mol. The summed E-state index contributed by atoms with van der Waals surface area (Å²) in [6, 6.07) is 6.10. The molecule has 0 radical (unpaired) electrons. The summed E-state index contributed by atoms with van der Waals surface area (Å²) in [7, 11) is 0. The van der Waals surface area contributed by atoms with Crippen molar-refractivity contribution in [1.82, 2.24) is 0 Å². The lowest BCUT2D eigenvalue weighted by atomic mass is 10.3. The summed E-state index contributed by atoms with van der Waals surface area (Å²) in [5, 5.41) is 0.535. The SMILES string of the molecule is CC(CCN)Sc1ccc2c(c1)OCCO2. The van der Waals surface area contributed by atoms with Crippen LogP contribution in [0.25, 0.3) is 0 Å². The Balaban J connectivity index is 2.05. The van der Waals surface area contributed by atoms with Gasteiger partial charge in [0.1, 0.15) is 13.2 Å². The molecule has 0 aromatic heterocycles. The van der Waals surface area contributed by atoms with Crippen molar-refractivity contribution in [3.05, 3.63) is 18.2 Å². The predicted molar refractivity (Wildman–Crippen MR) is 66.4 cm³/mol. The van der Waals surface area contributed by atoms with Gasteiger partial charge in [0.25, 0.3) is 0 Å². The maximum atomic E-state index is 5.54. The van der Waals surface area contributed by atoms with Crippen LogP contribution in [0.3, 0.4) is 0 Å². The van der Waals surface area contributed by atoms with Crippen molar-refractivity contribution in [3.63, 3.8) is 0 Å². The first-order chi connectivity index (χ1) is 7.79. The number of benzene rings is 1. The van der Waals surface area contributed by atoms with Crippen LogP contribution >= 0.6 is 11.8 Å². The van der Waals surface area contributed by atoms with Crippen molar-refractivity contribution >= 4 is 11.8 Å². The lowest BCUT2D eigenvalue weighted by Gasteiger charge is -2.19. The van der Waals surface area contributed by atoms with Crippen molar-refractivity contribution in [2.45, 2.75) is 23.5 Å². The van der Waals surface area contributed by atoms with E-state index in [4.69, 9.17) is 15.2 Å². The van der Waals surface area contributed by atoms with Gasteiger partial charge in [-0.05, 0) is 31.2 Å². The third-order valence-corrected chi connectivity index (χ3v) is 3.59. The van der Waals surface area contributed by atoms with Crippen LogP contribution in [0.4, 0.5) is 0 Å². The summed E-state index contributed by atoms with van der Waals surface area (Å²) in [6.45, 7) is 4.20. The Morgan fingerprint density at radius 3 is 2.81 bits per heavy atom. The van der Waals surface area contributed by atoms with E-state index < -0.39 is 0 Å². The van der Waals surface area contributed by atoms with E-state index in [1.54, 1.807) is 0 Å². The summed E-state index contributed by atoms with van der Waals surface area (Å²) in [4.78, 5) is 1.21. The first-order valence-electron chi connectivity index (χ1n) is 5.56. The molecule has 1 aromatic rings. The molecule has 0 saturated carbocycles. The monoisotopic (exact) mass is 239 g/mol. The van der Waals surface area contributed by atoms with E-state index in [0.717, 1.165) is 24.5 Å². The van der Waals surface area contributed by atoms with Crippen LogP contribution < -0.4 is 15.2 Å². The second kappa shape index (κ2) is 5.46. The van der Waals surface area contributed by atoms with Crippen LogP contribution in [0.1, 0.15) is 13.3 Å². The topological polar surface area (TPSA) is 44.5 Å². The van der Waals surface area contributed by atoms with Gasteiger partial charge >= 0.3 is 0 Å². The minimum atomic E-state index is 0.535. The molecule has 1 heterocycles. The summed E-state index contributed by atoms with van der Waals surface area (Å²) >= 11 is 1.83. The zero-order chi connectivity index (χ0) is 11.4. The molecule has 4 heteroatoms. The van der Waals surface area contributed by atoms with E-state index in [-0.39, 0.29) is 0 Å². The number of hydrogen-bond donors (Lipinski definition) is 1. The Bertz CT molecular complexity index is 357. The highest BCUT2D eigenvalue weighted by Gasteiger charge is 2.12. The number of rotatable bonds is 4. The van der Waals surface area contributed by atoms with Crippen LogP contribution in [0.5, 0.6) is 11.5 Å². The smallest absolute Gasteiger partial charge is 0.162 e. The first kappa shape index (κ1) is 11.6. The number of fused-ring (bicyclic) bond motifs is 1. The van der Waals surface area contributed by atoms with E-state index in [0.29, 0.717) is 18.5 Å². The fourth-order valence-electron chi connectivity index (χ4n) is 1.62. The maximum absolute atomic E-state index is 5.54. The van der Waals surface area contributed by atoms with Crippen LogP contribution in [-0.2, 0) is 0 Å². The number of ether oxygens (including phenoxy) is 2. The fraction of sp³-hybridized carbons (Fsp3) is 0.500. The molecule has 3 nitrogen and oxygen atoms in total. The Hall–Kier alpha value is -0.870. The van der Waals surface area contributed by atoms with Crippen LogP contribution in [0.15, 0.2) is 23.1 Å². The average Bonchev–Trinajstić information content (AvgIpc) is 2.29. The van der Waals surface area contributed by atoms with E-state index in [1.807, 2.05) is 23.9 Å². The van der Waals surface area contributed by atoms with Gasteiger partial charge in [0.15, 0.2) is 11.5 Å². The molecule has 0 amide bonds. The van der Waals surface area contributed by atoms with Gasteiger partial charge in [-0.25, -0.2) is 0 Å². The molecule has 0 spiro atoms. The van der Waals surface area contributed by atoms with Crippen molar-refractivity contribution in [3.8, 4) is 11.5 Å². The summed E-state index contributed by atoms with van der Waals surface area (Å²) in [6.07, 6.45) is 1.03. The molecular formula is C12H17NO2S. The van der Waals surface area contributed by atoms with Crippen molar-refractivity contribution in [2.75, 3.05) is 19.8 Å². The Labute approximate surface area is 100 Å². The Morgan fingerprint density at radius 2 is 2.06 bits per heavy atom. The number of nitrogens with two attached hydrogens (primary N) is 1. The van der Waals surface area contributed by atoms with E-state index in [9.17, 15) is 0 Å². The number of hydrogen-bond acceptors (Lipinski definition) is 4. The standard InChI is InChI=1S/C12H17NO2S/c1-9(4-5-13)16-10-2-3-11-12(8-10)15-7-6-14-11/h2-3,8-9H,4-7,13H2,1H3. The molecule has 0 aliphatic carbocycles. The zero-order valence-electron chi connectivity index (χ0n) is 9.44. The molecule has 1 unspecified atom stereocenters. The van der Waals surface area contributed by atoms with Crippen molar-refractivity contribution in [2.24, 2.45) is 5.73 Å². The largest absolute Gasteiger partial charge is 0.486 e. The third kappa shape index (κ3) is 2.83. The van der Waals surface area contributed by atoms with E-state index in [2.05, 4.69) is 13.0 Å². The average molecular weight is 239 g/mol. The molecule has 0 fully saturated rings. The maximum Gasteiger partial charge on any atom is 0.162 e. The third-order valence-electron chi connectivity index (χ3n) is 2.42. The molecule has 1 aliphatic rings. The minimum absolute atomic E-state index is 0.535. The van der Waals surface area contributed by atoms with E-state index >= 15 is 0 Å². The van der Waals surface area contributed by atoms with Gasteiger partial charge in [0, 0.05) is 10.1 Å². The van der Waals surface area contributed by atoms with Gasteiger partial charge in [-0.1, -0.05) is 6.92 Å². The molecule has 16 heavy (non-hydrogen) atoms. The number of thioether (sulfide) groups is 1. The lowest BCUT2D eigenvalue weighted by Crippen LogP contribution is -2.15. The molecule has 0 saturated heterocycles. The second-order valence-corrected chi connectivity index (χ2v) is 5.32. The summed E-state index contributed by atoms with van der Waals surface area (Å²) in [5.41, 5.74) is 5.54. The molecule has 2 N–H and O–H groups in total. The minimum Gasteiger partial charge on any atom is -0.486 e. The van der Waals surface area contributed by atoms with Crippen molar-refractivity contribution in [1.29, 1.82) is 0 Å². The molecule has 0 bridgehead atoms. The predicted octanol–water partition coefficient (Wildman–Crippen LogP) is 2.29. The van der Waals surface area contributed by atoms with E-state index in [1.165, 1.54) is 4.90 Å². The normalized spacial score (nSPS) is 15.9. The highest BCUT2D eigenvalue weighted by Crippen LogP contribution is 2.35. The molecule has 1 aliphatic heterocycles. The fourth-order valence-corrected chi connectivity index (χ4v) is 2.66. The first-order valence-corrected chi connectivity index (χ1v) is 6.44. The molecule has 1 atom stereocenters. The molecule has 1 aromatic carbocycles. The second-order valence-electron chi connectivity index (χ2n) is 3.81. The van der Waals surface area contributed by atoms with Gasteiger partial charge in [-0.3, -0.25) is 0 Å². The zero-order valence-corrected chi connectivity index (χ0v) is 10.3. The van der Waals surface area contributed by atoms with Gasteiger partial charge in [0.2, 0.25) is 0 Å². The van der Waals surface area contributed by atoms with Gasteiger partial charge in [-0.2, -0.15) is 0 Å². The highest BCUT2D eigenvalue weighted by atomic mass is 32.2. The molecule has 2 rings (SSSR count). The Kier molecular flexibility index (Phi) is 3.96.